The molecule has 0 aliphatic heterocycles. The molecule has 0 aliphatic carbocycles. The van der Waals surface area contributed by atoms with E-state index in [1.165, 1.54) is 0 Å². The van der Waals surface area contributed by atoms with Crippen molar-refractivity contribution in [2.45, 2.75) is 31.1 Å². The van der Waals surface area contributed by atoms with Crippen molar-refractivity contribution in [2.24, 2.45) is 11.8 Å². The van der Waals surface area contributed by atoms with Gasteiger partial charge in [0.1, 0.15) is 0 Å². The fourth-order valence-electron chi connectivity index (χ4n) is 1.14. The molecule has 0 bridgehead atoms. The smallest absolute Gasteiger partial charge is 0.170 e. The second-order valence-corrected chi connectivity index (χ2v) is 3.51. The van der Waals surface area contributed by atoms with Gasteiger partial charge in [0.05, 0.1) is 0 Å². The van der Waals surface area contributed by atoms with E-state index in [9.17, 15) is 52.7 Å². The number of halogens is 12. The van der Waals surface area contributed by atoms with Gasteiger partial charge in [-0.05, 0) is 6.42 Å². The number of alkyl halides is 12. The highest BCUT2D eigenvalue weighted by Gasteiger charge is 2.64. The lowest BCUT2D eigenvalue weighted by Crippen LogP contribution is -2.44. The number of hydrogen-bond donors (Lipinski definition) is 0. The first kappa shape index (κ1) is 18.2. The molecular weight excluding hydrogens is 312 g/mol. The quantitative estimate of drug-likeness (QED) is 0.638. The summed E-state index contributed by atoms with van der Waals surface area (Å²) in [6.45, 7) is 0. The average Bonchev–Trinajstić information content (AvgIpc) is 1.91. The Morgan fingerprint density at radius 2 is 0.579 bits per heavy atom. The Hall–Kier alpha value is -0.840. The van der Waals surface area contributed by atoms with Gasteiger partial charge in [-0.1, -0.05) is 0 Å². The topological polar surface area (TPSA) is 0 Å². The maximum atomic E-state index is 11.9. The van der Waals surface area contributed by atoms with Crippen molar-refractivity contribution in [3.63, 3.8) is 0 Å². The average molecular weight is 316 g/mol. The van der Waals surface area contributed by atoms with Crippen LogP contribution in [0.5, 0.6) is 0 Å². The Labute approximate surface area is 96.9 Å². The summed E-state index contributed by atoms with van der Waals surface area (Å²) in [6, 6.07) is 0. The molecule has 0 nitrogen and oxygen atoms in total. The van der Waals surface area contributed by atoms with Crippen LogP contribution in [-0.2, 0) is 0 Å². The molecule has 0 saturated heterocycles. The molecule has 116 valence electrons. The van der Waals surface area contributed by atoms with Crippen LogP contribution in [0.3, 0.4) is 0 Å². The van der Waals surface area contributed by atoms with Gasteiger partial charge < -0.3 is 0 Å². The molecule has 0 aliphatic rings. The van der Waals surface area contributed by atoms with Crippen molar-refractivity contribution in [3.8, 4) is 0 Å². The first-order chi connectivity index (χ1) is 7.97. The standard InChI is InChI=1S/C7H4F12/c8-4(9,10)2(5(11,12)13)1-3(6(14,15)16)7(17,18)19/h2-3H,1H2. The summed E-state index contributed by atoms with van der Waals surface area (Å²) in [7, 11) is 0. The maximum absolute atomic E-state index is 11.9. The van der Waals surface area contributed by atoms with Crippen molar-refractivity contribution >= 4 is 0 Å². The Bertz CT molecular complexity index is 229. The monoisotopic (exact) mass is 316 g/mol. The third kappa shape index (κ3) is 5.35. The van der Waals surface area contributed by atoms with E-state index in [1.54, 1.807) is 0 Å². The van der Waals surface area contributed by atoms with Crippen LogP contribution in [-0.4, -0.2) is 24.7 Å². The van der Waals surface area contributed by atoms with Crippen molar-refractivity contribution < 1.29 is 52.7 Å². The summed E-state index contributed by atoms with van der Waals surface area (Å²) in [6.07, 6.45) is -28.2. The van der Waals surface area contributed by atoms with Crippen LogP contribution in [0.25, 0.3) is 0 Å². The van der Waals surface area contributed by atoms with E-state index >= 15 is 0 Å². The van der Waals surface area contributed by atoms with Gasteiger partial charge >= 0.3 is 24.7 Å². The molecule has 0 unspecified atom stereocenters. The second kappa shape index (κ2) is 4.93. The van der Waals surface area contributed by atoms with E-state index < -0.39 is 43.0 Å². The molecule has 0 atom stereocenters. The maximum Gasteiger partial charge on any atom is 0.400 e. The van der Waals surface area contributed by atoms with Crippen LogP contribution in [0.1, 0.15) is 6.42 Å². The lowest BCUT2D eigenvalue weighted by Gasteiger charge is -2.29. The predicted molar refractivity (Wildman–Crippen MR) is 35.8 cm³/mol. The van der Waals surface area contributed by atoms with Crippen LogP contribution in [0.15, 0.2) is 0 Å². The Morgan fingerprint density at radius 1 is 0.421 bits per heavy atom. The van der Waals surface area contributed by atoms with E-state index in [-0.39, 0.29) is 0 Å². The summed E-state index contributed by atoms with van der Waals surface area (Å²) in [5.74, 6) is -9.40. The third-order valence-electron chi connectivity index (χ3n) is 2.05. The van der Waals surface area contributed by atoms with E-state index in [0.29, 0.717) is 0 Å². The van der Waals surface area contributed by atoms with Gasteiger partial charge in [0.25, 0.3) is 0 Å². The molecule has 0 aromatic heterocycles. The van der Waals surface area contributed by atoms with Gasteiger partial charge in [-0.15, -0.1) is 0 Å². The van der Waals surface area contributed by atoms with Crippen molar-refractivity contribution in [1.82, 2.24) is 0 Å². The summed E-state index contributed by atoms with van der Waals surface area (Å²) < 4.78 is 143. The lowest BCUT2D eigenvalue weighted by molar-refractivity contribution is -0.325. The molecule has 0 saturated carbocycles. The van der Waals surface area contributed by atoms with E-state index in [4.69, 9.17) is 0 Å². The van der Waals surface area contributed by atoms with Gasteiger partial charge in [0.15, 0.2) is 11.8 Å². The lowest BCUT2D eigenvalue weighted by atomic mass is 9.92. The molecule has 0 N–H and O–H groups in total. The number of hydrogen-bond acceptors (Lipinski definition) is 0. The Kier molecular flexibility index (Phi) is 4.71. The molecule has 0 rings (SSSR count). The van der Waals surface area contributed by atoms with Gasteiger partial charge in [-0.25, -0.2) is 0 Å². The van der Waals surface area contributed by atoms with Crippen molar-refractivity contribution in [3.05, 3.63) is 0 Å². The molecule has 0 aromatic rings. The minimum Gasteiger partial charge on any atom is -0.170 e. The Morgan fingerprint density at radius 3 is 0.684 bits per heavy atom. The summed E-state index contributed by atoms with van der Waals surface area (Å²) in [5, 5.41) is 0. The molecule has 0 heterocycles. The largest absolute Gasteiger partial charge is 0.400 e. The SMILES string of the molecule is FC(F)(F)C(CC(C(F)(F)F)C(F)(F)F)C(F)(F)F. The van der Waals surface area contributed by atoms with Gasteiger partial charge in [-0.3, -0.25) is 0 Å². The van der Waals surface area contributed by atoms with Crippen LogP contribution in [0.4, 0.5) is 52.7 Å². The zero-order valence-corrected chi connectivity index (χ0v) is 8.40. The fraction of sp³-hybridized carbons (Fsp3) is 1.00. The van der Waals surface area contributed by atoms with Crippen LogP contribution < -0.4 is 0 Å². The summed E-state index contributed by atoms with van der Waals surface area (Å²) in [4.78, 5) is 0. The normalized spacial score (nSPS) is 15.5. The minimum atomic E-state index is -6.26. The highest BCUT2D eigenvalue weighted by atomic mass is 19.4. The molecule has 0 fully saturated rings. The van der Waals surface area contributed by atoms with Crippen molar-refractivity contribution in [1.29, 1.82) is 0 Å². The second-order valence-electron chi connectivity index (χ2n) is 3.51. The van der Waals surface area contributed by atoms with Crippen LogP contribution in [0.2, 0.25) is 0 Å². The fourth-order valence-corrected chi connectivity index (χ4v) is 1.14. The van der Waals surface area contributed by atoms with Crippen molar-refractivity contribution in [2.75, 3.05) is 0 Å². The molecular formula is C7H4F12. The van der Waals surface area contributed by atoms with Gasteiger partial charge in [0.2, 0.25) is 0 Å². The first-order valence-electron chi connectivity index (χ1n) is 4.24. The molecule has 0 aromatic carbocycles. The molecule has 19 heavy (non-hydrogen) atoms. The van der Waals surface area contributed by atoms with Crippen LogP contribution in [0, 0.1) is 11.8 Å². The minimum absolute atomic E-state index is 3.18. The summed E-state index contributed by atoms with van der Waals surface area (Å²) in [5.41, 5.74) is 0. The zero-order valence-electron chi connectivity index (χ0n) is 8.40. The van der Waals surface area contributed by atoms with Gasteiger partial charge in [0, 0.05) is 0 Å². The molecule has 0 spiro atoms. The van der Waals surface area contributed by atoms with E-state index in [2.05, 4.69) is 0 Å². The molecule has 12 heteroatoms. The van der Waals surface area contributed by atoms with Crippen LogP contribution >= 0.6 is 0 Å². The summed E-state index contributed by atoms with van der Waals surface area (Å²) >= 11 is 0. The van der Waals surface area contributed by atoms with E-state index in [1.807, 2.05) is 0 Å². The number of rotatable bonds is 2. The third-order valence-corrected chi connectivity index (χ3v) is 2.05. The van der Waals surface area contributed by atoms with Gasteiger partial charge in [-0.2, -0.15) is 52.7 Å². The molecule has 0 radical (unpaired) electrons. The first-order valence-corrected chi connectivity index (χ1v) is 4.24. The highest BCUT2D eigenvalue weighted by Crippen LogP contribution is 2.49. The molecule has 0 amide bonds. The predicted octanol–water partition coefficient (Wildman–Crippen LogP) is 4.86. The highest BCUT2D eigenvalue weighted by molar-refractivity contribution is 4.84. The zero-order chi connectivity index (χ0) is 15.9. The van der Waals surface area contributed by atoms with E-state index in [0.717, 1.165) is 0 Å². The Balaban J connectivity index is 5.43.